The third-order valence-corrected chi connectivity index (χ3v) is 6.75. The van der Waals surface area contributed by atoms with Crippen LogP contribution in [0.3, 0.4) is 0 Å². The first kappa shape index (κ1) is 15.1. The minimum atomic E-state index is -3.68. The summed E-state index contributed by atoms with van der Waals surface area (Å²) in [4.78, 5) is 4.09. The second kappa shape index (κ2) is 5.79. The van der Waals surface area contributed by atoms with Crippen molar-refractivity contribution in [3.63, 3.8) is 0 Å². The van der Waals surface area contributed by atoms with E-state index in [0.29, 0.717) is 10.9 Å². The standard InChI is InChI=1S/C13H16ClN3O2S2/c1-20-10-6-5-9(8-10)16-21(18,19)13-12(14)15-11-4-2-3-7-17(11)13/h2-4,7,9-10,16H,5-6,8H2,1H3. The number of thioether (sulfide) groups is 1. The zero-order valence-corrected chi connectivity index (χ0v) is 13.9. The van der Waals surface area contributed by atoms with Gasteiger partial charge in [-0.05, 0) is 37.7 Å². The van der Waals surface area contributed by atoms with E-state index in [1.165, 1.54) is 4.40 Å². The van der Waals surface area contributed by atoms with Crippen LogP contribution in [-0.2, 0) is 10.0 Å². The third kappa shape index (κ3) is 2.92. The molecule has 1 fully saturated rings. The number of fused-ring (bicyclic) bond motifs is 1. The van der Waals surface area contributed by atoms with Crippen LogP contribution in [-0.4, -0.2) is 35.4 Å². The Labute approximate surface area is 133 Å². The van der Waals surface area contributed by atoms with E-state index in [1.54, 1.807) is 36.2 Å². The normalized spacial score (nSPS) is 23.0. The molecular formula is C13H16ClN3O2S2. The lowest BCUT2D eigenvalue weighted by atomic mass is 10.3. The molecular weight excluding hydrogens is 330 g/mol. The Hall–Kier alpha value is -0.760. The largest absolute Gasteiger partial charge is 0.288 e. The van der Waals surface area contributed by atoms with E-state index < -0.39 is 10.0 Å². The van der Waals surface area contributed by atoms with E-state index in [9.17, 15) is 8.42 Å². The highest BCUT2D eigenvalue weighted by molar-refractivity contribution is 7.99. The molecule has 2 aromatic rings. The van der Waals surface area contributed by atoms with Crippen LogP contribution in [0.5, 0.6) is 0 Å². The van der Waals surface area contributed by atoms with Crippen molar-refractivity contribution in [2.24, 2.45) is 0 Å². The number of imidazole rings is 1. The van der Waals surface area contributed by atoms with Gasteiger partial charge in [-0.25, -0.2) is 18.1 Å². The number of nitrogens with zero attached hydrogens (tertiary/aromatic N) is 2. The van der Waals surface area contributed by atoms with Crippen LogP contribution in [0, 0.1) is 0 Å². The highest BCUT2D eigenvalue weighted by Crippen LogP contribution is 2.30. The molecule has 0 amide bonds. The van der Waals surface area contributed by atoms with Gasteiger partial charge < -0.3 is 0 Å². The summed E-state index contributed by atoms with van der Waals surface area (Å²) in [5, 5.41) is 0.552. The summed E-state index contributed by atoms with van der Waals surface area (Å²) in [5.74, 6) is 0. The maximum atomic E-state index is 12.6. The molecule has 2 atom stereocenters. The van der Waals surface area contributed by atoms with E-state index in [0.717, 1.165) is 19.3 Å². The summed E-state index contributed by atoms with van der Waals surface area (Å²) in [7, 11) is -3.68. The Morgan fingerprint density at radius 1 is 1.43 bits per heavy atom. The molecule has 0 aliphatic heterocycles. The van der Waals surface area contributed by atoms with Gasteiger partial charge in [0.25, 0.3) is 10.0 Å². The second-order valence-corrected chi connectivity index (χ2v) is 8.25. The van der Waals surface area contributed by atoms with Gasteiger partial charge in [-0.1, -0.05) is 17.7 Å². The SMILES string of the molecule is CSC1CCC(NS(=O)(=O)c2c(Cl)nc3ccccn23)C1. The summed E-state index contributed by atoms with van der Waals surface area (Å²) < 4.78 is 29.5. The van der Waals surface area contributed by atoms with E-state index in [4.69, 9.17) is 11.6 Å². The quantitative estimate of drug-likeness (QED) is 0.925. The summed E-state index contributed by atoms with van der Waals surface area (Å²) in [6.45, 7) is 0. The molecule has 0 aromatic carbocycles. The van der Waals surface area contributed by atoms with Crippen molar-refractivity contribution in [3.8, 4) is 0 Å². The van der Waals surface area contributed by atoms with E-state index in [1.807, 2.05) is 0 Å². The van der Waals surface area contributed by atoms with Gasteiger partial charge in [-0.2, -0.15) is 11.8 Å². The number of sulfonamides is 1. The minimum Gasteiger partial charge on any atom is -0.288 e. The molecule has 0 spiro atoms. The highest BCUT2D eigenvalue weighted by Gasteiger charge is 2.31. The molecule has 1 aliphatic carbocycles. The molecule has 1 N–H and O–H groups in total. The van der Waals surface area contributed by atoms with E-state index in [2.05, 4.69) is 16.0 Å². The number of rotatable bonds is 4. The van der Waals surface area contributed by atoms with Crippen LogP contribution in [0.2, 0.25) is 5.15 Å². The van der Waals surface area contributed by atoms with Crippen molar-refractivity contribution in [1.29, 1.82) is 0 Å². The van der Waals surface area contributed by atoms with Crippen LogP contribution in [0.25, 0.3) is 5.65 Å². The summed E-state index contributed by atoms with van der Waals surface area (Å²) in [6, 6.07) is 5.24. The lowest BCUT2D eigenvalue weighted by Gasteiger charge is -2.13. The Morgan fingerprint density at radius 3 is 2.95 bits per heavy atom. The Balaban J connectivity index is 1.92. The molecule has 1 saturated carbocycles. The van der Waals surface area contributed by atoms with Gasteiger partial charge in [0.2, 0.25) is 0 Å². The predicted octanol–water partition coefficient (Wildman–Crippen LogP) is 2.55. The van der Waals surface area contributed by atoms with E-state index in [-0.39, 0.29) is 16.2 Å². The van der Waals surface area contributed by atoms with Gasteiger partial charge in [0.1, 0.15) is 5.65 Å². The molecule has 3 rings (SSSR count). The first-order chi connectivity index (χ1) is 10.0. The van der Waals surface area contributed by atoms with Gasteiger partial charge in [0.05, 0.1) is 0 Å². The van der Waals surface area contributed by atoms with Gasteiger partial charge in [0, 0.05) is 17.5 Å². The van der Waals surface area contributed by atoms with E-state index >= 15 is 0 Å². The first-order valence-corrected chi connectivity index (χ1v) is 9.84. The topological polar surface area (TPSA) is 63.5 Å². The fourth-order valence-electron chi connectivity index (χ4n) is 2.72. The van der Waals surface area contributed by atoms with Gasteiger partial charge in [0.15, 0.2) is 10.2 Å². The fourth-order valence-corrected chi connectivity index (χ4v) is 5.45. The fraction of sp³-hybridized carbons (Fsp3) is 0.462. The van der Waals surface area contributed by atoms with Crippen LogP contribution in [0.1, 0.15) is 19.3 Å². The van der Waals surface area contributed by atoms with Crippen LogP contribution < -0.4 is 4.72 Å². The molecule has 5 nitrogen and oxygen atoms in total. The van der Waals surface area contributed by atoms with Crippen molar-refractivity contribution in [1.82, 2.24) is 14.1 Å². The average molecular weight is 346 g/mol. The zero-order chi connectivity index (χ0) is 15.0. The van der Waals surface area contributed by atoms with Crippen LogP contribution in [0.4, 0.5) is 0 Å². The smallest absolute Gasteiger partial charge is 0.260 e. The Morgan fingerprint density at radius 2 is 2.24 bits per heavy atom. The maximum Gasteiger partial charge on any atom is 0.260 e. The number of hydrogen-bond acceptors (Lipinski definition) is 4. The Bertz CT molecular complexity index is 760. The number of hydrogen-bond donors (Lipinski definition) is 1. The lowest BCUT2D eigenvalue weighted by molar-refractivity contribution is 0.548. The number of nitrogens with one attached hydrogen (secondary N) is 1. The molecule has 114 valence electrons. The number of halogens is 1. The zero-order valence-electron chi connectivity index (χ0n) is 11.5. The molecule has 0 radical (unpaired) electrons. The Kier molecular flexibility index (Phi) is 4.18. The molecule has 0 saturated heterocycles. The van der Waals surface area contributed by atoms with Gasteiger partial charge >= 0.3 is 0 Å². The molecule has 8 heteroatoms. The summed E-state index contributed by atoms with van der Waals surface area (Å²) in [5.41, 5.74) is 0.524. The molecule has 2 heterocycles. The van der Waals surface area contributed by atoms with Crippen molar-refractivity contribution in [2.75, 3.05) is 6.26 Å². The number of pyridine rings is 1. The second-order valence-electron chi connectivity index (χ2n) is 5.13. The molecule has 21 heavy (non-hydrogen) atoms. The van der Waals surface area contributed by atoms with Crippen molar-refractivity contribution in [2.45, 2.75) is 35.6 Å². The third-order valence-electron chi connectivity index (χ3n) is 3.74. The molecule has 2 unspecified atom stereocenters. The molecule has 0 bridgehead atoms. The van der Waals surface area contributed by atoms with Crippen LogP contribution in [0.15, 0.2) is 29.4 Å². The highest BCUT2D eigenvalue weighted by atomic mass is 35.5. The average Bonchev–Trinajstić information content (AvgIpc) is 3.00. The van der Waals surface area contributed by atoms with Crippen molar-refractivity contribution < 1.29 is 8.42 Å². The predicted molar refractivity (Wildman–Crippen MR) is 85.5 cm³/mol. The summed E-state index contributed by atoms with van der Waals surface area (Å²) in [6.07, 6.45) is 6.47. The van der Waals surface area contributed by atoms with Crippen molar-refractivity contribution >= 4 is 39.0 Å². The van der Waals surface area contributed by atoms with Gasteiger partial charge in [-0.15, -0.1) is 0 Å². The van der Waals surface area contributed by atoms with Crippen molar-refractivity contribution in [3.05, 3.63) is 29.5 Å². The lowest BCUT2D eigenvalue weighted by Crippen LogP contribution is -2.34. The number of aromatic nitrogens is 2. The molecule has 2 aromatic heterocycles. The summed E-state index contributed by atoms with van der Waals surface area (Å²) >= 11 is 7.83. The first-order valence-electron chi connectivity index (χ1n) is 6.69. The molecule has 1 aliphatic rings. The van der Waals surface area contributed by atoms with Gasteiger partial charge in [-0.3, -0.25) is 4.40 Å². The van der Waals surface area contributed by atoms with Crippen LogP contribution >= 0.6 is 23.4 Å². The maximum absolute atomic E-state index is 12.6. The monoisotopic (exact) mass is 345 g/mol. The minimum absolute atomic E-state index is 0.00751.